The molecule has 0 amide bonds. The lowest BCUT2D eigenvalue weighted by Gasteiger charge is -2.26. The van der Waals surface area contributed by atoms with Gasteiger partial charge in [-0.15, -0.1) is 0 Å². The van der Waals surface area contributed by atoms with E-state index in [0.29, 0.717) is 0 Å². The fraction of sp³-hybridized carbons (Fsp3) is 0.290. The number of hydrogen-bond acceptors (Lipinski definition) is 4. The van der Waals surface area contributed by atoms with Crippen molar-refractivity contribution in [2.45, 2.75) is 25.7 Å². The average Bonchev–Trinajstić information content (AvgIpc) is 2.90. The summed E-state index contributed by atoms with van der Waals surface area (Å²) in [5.74, 6) is 2.04. The van der Waals surface area contributed by atoms with Crippen LogP contribution in [0.4, 0.5) is 0 Å². The Morgan fingerprint density at radius 3 is 2.46 bits per heavy atom. The number of rotatable bonds is 8. The van der Waals surface area contributed by atoms with E-state index in [4.69, 9.17) is 9.47 Å². The highest BCUT2D eigenvalue weighted by atomic mass is 16.5. The van der Waals surface area contributed by atoms with Gasteiger partial charge in [-0.2, -0.15) is 0 Å². The van der Waals surface area contributed by atoms with Gasteiger partial charge in [0.05, 0.1) is 7.11 Å². The third-order valence-corrected chi connectivity index (χ3v) is 6.92. The maximum absolute atomic E-state index is 10.0. The van der Waals surface area contributed by atoms with Crippen LogP contribution in [0, 0.1) is 0 Å². The second-order valence-electron chi connectivity index (χ2n) is 9.30. The van der Waals surface area contributed by atoms with Crippen molar-refractivity contribution in [2.24, 2.45) is 0 Å². The first kappa shape index (κ1) is 23.3. The molecule has 0 radical (unpaired) electrons. The second kappa shape index (κ2) is 10.8. The van der Waals surface area contributed by atoms with Crippen molar-refractivity contribution < 1.29 is 14.6 Å². The van der Waals surface area contributed by atoms with E-state index in [1.807, 2.05) is 24.3 Å². The largest absolute Gasteiger partial charge is 0.508 e. The summed E-state index contributed by atoms with van der Waals surface area (Å²) in [6.45, 7) is 4.11. The van der Waals surface area contributed by atoms with Crippen LogP contribution in [0.1, 0.15) is 30.4 Å². The monoisotopic (exact) mass is 467 g/mol. The molecule has 0 aromatic heterocycles. The zero-order chi connectivity index (χ0) is 24.0. The zero-order valence-corrected chi connectivity index (χ0v) is 20.4. The standard InChI is InChI=1S/C31H33NO3/c1-34-28-7-5-6-24(22-28)29-14-10-25-21-26(33)11-15-30(25)31(29)20-23-8-12-27(13-9-23)35-19-18-32-16-3-2-4-17-32/h5-15,21-22,33H,2-4,16-20H2,1H3. The van der Waals surface area contributed by atoms with E-state index in [1.165, 1.54) is 49.0 Å². The maximum Gasteiger partial charge on any atom is 0.119 e. The number of aromatic hydroxyl groups is 1. The van der Waals surface area contributed by atoms with E-state index in [1.54, 1.807) is 13.2 Å². The summed E-state index contributed by atoms with van der Waals surface area (Å²) in [4.78, 5) is 2.50. The van der Waals surface area contributed by atoms with Gasteiger partial charge in [0, 0.05) is 6.54 Å². The van der Waals surface area contributed by atoms with Crippen molar-refractivity contribution in [3.05, 3.63) is 90.0 Å². The van der Waals surface area contributed by atoms with E-state index in [0.717, 1.165) is 47.4 Å². The fourth-order valence-corrected chi connectivity index (χ4v) is 5.02. The van der Waals surface area contributed by atoms with E-state index in [9.17, 15) is 5.11 Å². The highest BCUT2D eigenvalue weighted by molar-refractivity contribution is 5.93. The normalized spacial score (nSPS) is 14.2. The van der Waals surface area contributed by atoms with E-state index >= 15 is 0 Å². The Labute approximate surface area is 207 Å². The van der Waals surface area contributed by atoms with Gasteiger partial charge in [-0.25, -0.2) is 0 Å². The number of benzene rings is 4. The highest BCUT2D eigenvalue weighted by Crippen LogP contribution is 2.35. The molecule has 0 atom stereocenters. The molecule has 0 unspecified atom stereocenters. The Hall–Kier alpha value is -3.50. The number of phenolic OH excluding ortho intramolecular Hbond substituents is 1. The summed E-state index contributed by atoms with van der Waals surface area (Å²) in [6, 6.07) is 26.5. The van der Waals surface area contributed by atoms with Crippen LogP contribution in [0.3, 0.4) is 0 Å². The first-order valence-electron chi connectivity index (χ1n) is 12.5. The molecule has 0 aliphatic carbocycles. The first-order valence-corrected chi connectivity index (χ1v) is 12.5. The summed E-state index contributed by atoms with van der Waals surface area (Å²) < 4.78 is 11.5. The van der Waals surface area contributed by atoms with Gasteiger partial charge < -0.3 is 14.6 Å². The first-order chi connectivity index (χ1) is 17.2. The number of hydrogen-bond donors (Lipinski definition) is 1. The lowest BCUT2D eigenvalue weighted by molar-refractivity contribution is 0.183. The van der Waals surface area contributed by atoms with Crippen LogP contribution in [0.15, 0.2) is 78.9 Å². The van der Waals surface area contributed by atoms with Gasteiger partial charge in [-0.1, -0.05) is 48.9 Å². The molecule has 1 aliphatic rings. The quantitative estimate of drug-likeness (QED) is 0.314. The summed E-state index contributed by atoms with van der Waals surface area (Å²) in [5, 5.41) is 12.2. The Morgan fingerprint density at radius 1 is 0.829 bits per heavy atom. The van der Waals surface area contributed by atoms with E-state index in [-0.39, 0.29) is 5.75 Å². The van der Waals surface area contributed by atoms with Crippen molar-refractivity contribution in [1.82, 2.24) is 4.90 Å². The van der Waals surface area contributed by atoms with Crippen molar-refractivity contribution in [3.8, 4) is 28.4 Å². The zero-order valence-electron chi connectivity index (χ0n) is 20.4. The number of phenols is 1. The van der Waals surface area contributed by atoms with Gasteiger partial charge >= 0.3 is 0 Å². The Kier molecular flexibility index (Phi) is 7.20. The molecule has 1 fully saturated rings. The van der Waals surface area contributed by atoms with Gasteiger partial charge in [-0.3, -0.25) is 4.90 Å². The molecule has 5 rings (SSSR count). The van der Waals surface area contributed by atoms with E-state index < -0.39 is 0 Å². The summed E-state index contributed by atoms with van der Waals surface area (Å²) >= 11 is 0. The molecule has 1 N–H and O–H groups in total. The SMILES string of the molecule is COc1cccc(-c2ccc3cc(O)ccc3c2Cc2ccc(OCCN3CCCCC3)cc2)c1. The topological polar surface area (TPSA) is 41.9 Å². The van der Waals surface area contributed by atoms with Crippen molar-refractivity contribution in [1.29, 1.82) is 0 Å². The van der Waals surface area contributed by atoms with Crippen LogP contribution in [-0.2, 0) is 6.42 Å². The Morgan fingerprint density at radius 2 is 1.66 bits per heavy atom. The summed E-state index contributed by atoms with van der Waals surface area (Å²) in [5.41, 5.74) is 4.74. The number of fused-ring (bicyclic) bond motifs is 1. The lowest BCUT2D eigenvalue weighted by atomic mass is 9.90. The minimum Gasteiger partial charge on any atom is -0.508 e. The fourth-order valence-electron chi connectivity index (χ4n) is 5.02. The molecule has 4 aromatic rings. The second-order valence-corrected chi connectivity index (χ2v) is 9.30. The predicted octanol–water partition coefficient (Wildman–Crippen LogP) is 6.68. The molecule has 35 heavy (non-hydrogen) atoms. The van der Waals surface area contributed by atoms with Gasteiger partial charge in [0.1, 0.15) is 23.9 Å². The highest BCUT2D eigenvalue weighted by Gasteiger charge is 2.13. The molecular formula is C31H33NO3. The molecule has 0 saturated carbocycles. The molecule has 180 valence electrons. The van der Waals surface area contributed by atoms with Gasteiger partial charge in [-0.05, 0) is 102 Å². The van der Waals surface area contributed by atoms with Crippen LogP contribution >= 0.6 is 0 Å². The van der Waals surface area contributed by atoms with Crippen LogP contribution in [0.25, 0.3) is 21.9 Å². The average molecular weight is 468 g/mol. The van der Waals surface area contributed by atoms with Crippen LogP contribution in [0.2, 0.25) is 0 Å². The molecule has 0 bridgehead atoms. The molecule has 1 aliphatic heterocycles. The van der Waals surface area contributed by atoms with Crippen LogP contribution < -0.4 is 9.47 Å². The number of piperidine rings is 1. The summed E-state index contributed by atoms with van der Waals surface area (Å²) in [6.07, 6.45) is 4.75. The maximum atomic E-state index is 10.0. The van der Waals surface area contributed by atoms with E-state index in [2.05, 4.69) is 53.4 Å². The third-order valence-electron chi connectivity index (χ3n) is 6.92. The predicted molar refractivity (Wildman–Crippen MR) is 143 cm³/mol. The minimum absolute atomic E-state index is 0.281. The molecule has 4 aromatic carbocycles. The Balaban J connectivity index is 1.38. The third kappa shape index (κ3) is 5.60. The van der Waals surface area contributed by atoms with Gasteiger partial charge in [0.15, 0.2) is 0 Å². The smallest absolute Gasteiger partial charge is 0.119 e. The van der Waals surface area contributed by atoms with Crippen molar-refractivity contribution in [3.63, 3.8) is 0 Å². The number of nitrogens with zero attached hydrogens (tertiary/aromatic N) is 1. The molecule has 4 nitrogen and oxygen atoms in total. The number of likely N-dealkylation sites (tertiary alicyclic amines) is 1. The van der Waals surface area contributed by atoms with Crippen LogP contribution in [-0.4, -0.2) is 43.4 Å². The molecule has 0 spiro atoms. The van der Waals surface area contributed by atoms with Gasteiger partial charge in [0.25, 0.3) is 0 Å². The molecule has 1 saturated heterocycles. The van der Waals surface area contributed by atoms with Crippen LogP contribution in [0.5, 0.6) is 17.2 Å². The summed E-state index contributed by atoms with van der Waals surface area (Å²) in [7, 11) is 1.69. The minimum atomic E-state index is 0.281. The molecule has 4 heteroatoms. The Bertz CT molecular complexity index is 1280. The number of methoxy groups -OCH3 is 1. The number of ether oxygens (including phenoxy) is 2. The molecular weight excluding hydrogens is 434 g/mol. The van der Waals surface area contributed by atoms with Crippen molar-refractivity contribution in [2.75, 3.05) is 33.4 Å². The van der Waals surface area contributed by atoms with Crippen molar-refractivity contribution >= 4 is 10.8 Å². The molecule has 1 heterocycles. The lowest BCUT2D eigenvalue weighted by Crippen LogP contribution is -2.33. The van der Waals surface area contributed by atoms with Gasteiger partial charge in [0.2, 0.25) is 0 Å².